The Bertz CT molecular complexity index is 972. The number of pyridine rings is 2. The average molecular weight is 357 g/mol. The van der Waals surface area contributed by atoms with Crippen LogP contribution in [0.25, 0.3) is 10.9 Å². The van der Waals surface area contributed by atoms with Crippen LogP contribution in [0.3, 0.4) is 0 Å². The van der Waals surface area contributed by atoms with Gasteiger partial charge in [-0.2, -0.15) is 0 Å². The number of carbonyl (C=O) groups is 1. The molecular formula is C23H23N3O. The van der Waals surface area contributed by atoms with Crippen LogP contribution in [0.4, 0.5) is 5.82 Å². The number of rotatable bonds is 3. The summed E-state index contributed by atoms with van der Waals surface area (Å²) in [5.41, 5.74) is 2.72. The van der Waals surface area contributed by atoms with Crippen LogP contribution in [0.15, 0.2) is 60.9 Å². The third-order valence-corrected chi connectivity index (χ3v) is 6.53. The van der Waals surface area contributed by atoms with Gasteiger partial charge in [0.2, 0.25) is 5.91 Å². The zero-order valence-electron chi connectivity index (χ0n) is 15.3. The molecular weight excluding hydrogens is 334 g/mol. The van der Waals surface area contributed by atoms with E-state index in [2.05, 4.69) is 39.6 Å². The molecule has 0 aliphatic heterocycles. The second-order valence-corrected chi connectivity index (χ2v) is 8.01. The second kappa shape index (κ2) is 6.45. The van der Waals surface area contributed by atoms with Crippen LogP contribution in [-0.2, 0) is 4.79 Å². The van der Waals surface area contributed by atoms with Gasteiger partial charge in [0.25, 0.3) is 0 Å². The van der Waals surface area contributed by atoms with E-state index in [-0.39, 0.29) is 17.2 Å². The molecule has 27 heavy (non-hydrogen) atoms. The number of fused-ring (bicyclic) bond motifs is 1. The normalized spacial score (nSPS) is 26.8. The Morgan fingerprint density at radius 3 is 2.59 bits per heavy atom. The summed E-state index contributed by atoms with van der Waals surface area (Å²) in [4.78, 5) is 21.3. The summed E-state index contributed by atoms with van der Waals surface area (Å²) in [6, 6.07) is 16.2. The Labute approximate surface area is 159 Å². The van der Waals surface area contributed by atoms with Crippen LogP contribution >= 0.6 is 0 Å². The van der Waals surface area contributed by atoms with E-state index < -0.39 is 0 Å². The summed E-state index contributed by atoms with van der Waals surface area (Å²) in [5, 5.41) is 4.26. The van der Waals surface area contributed by atoms with E-state index in [0.29, 0.717) is 11.7 Å². The quantitative estimate of drug-likeness (QED) is 0.723. The zero-order chi connectivity index (χ0) is 18.3. The Hall–Kier alpha value is -2.75. The SMILES string of the molecule is O=C(Nc1ccccn1)[C@H]1CC12CCC(c1ccnc3ccccc13)CC2. The highest BCUT2D eigenvalue weighted by Gasteiger charge is 2.58. The molecule has 0 saturated heterocycles. The molecule has 1 atom stereocenters. The van der Waals surface area contributed by atoms with Crippen molar-refractivity contribution in [1.82, 2.24) is 9.97 Å². The number of para-hydroxylation sites is 1. The third-order valence-electron chi connectivity index (χ3n) is 6.53. The van der Waals surface area contributed by atoms with Gasteiger partial charge in [0.05, 0.1) is 5.52 Å². The summed E-state index contributed by atoms with van der Waals surface area (Å²) >= 11 is 0. The standard InChI is InChI=1S/C23H23N3O/c27-22(26-21-7-3-4-13-25-21)19-15-23(19)11-8-16(9-12-23)17-10-14-24-20-6-2-1-5-18(17)20/h1-7,10,13-14,16,19H,8-9,11-12,15H2,(H,25,26,27)/t16?,19-,23?/m1/s1. The molecule has 1 amide bonds. The van der Waals surface area contributed by atoms with Gasteiger partial charge in [-0.15, -0.1) is 0 Å². The molecule has 4 nitrogen and oxygen atoms in total. The highest BCUT2D eigenvalue weighted by Crippen LogP contribution is 2.63. The van der Waals surface area contributed by atoms with Crippen molar-refractivity contribution in [3.8, 4) is 0 Å². The Kier molecular flexibility index (Phi) is 3.92. The summed E-state index contributed by atoms with van der Waals surface area (Å²) in [5.74, 6) is 1.52. The van der Waals surface area contributed by atoms with Crippen molar-refractivity contribution in [2.24, 2.45) is 11.3 Å². The predicted octanol–water partition coefficient (Wildman–Crippen LogP) is 4.93. The fourth-order valence-electron chi connectivity index (χ4n) is 4.90. The van der Waals surface area contributed by atoms with Crippen molar-refractivity contribution >= 4 is 22.6 Å². The molecule has 0 radical (unpaired) electrons. The molecule has 0 bridgehead atoms. The number of carbonyl (C=O) groups excluding carboxylic acids is 1. The van der Waals surface area contributed by atoms with E-state index in [1.54, 1.807) is 6.20 Å². The summed E-state index contributed by atoms with van der Waals surface area (Å²) < 4.78 is 0. The van der Waals surface area contributed by atoms with E-state index in [0.717, 1.165) is 37.6 Å². The first-order valence-corrected chi connectivity index (χ1v) is 9.81. The van der Waals surface area contributed by atoms with Crippen molar-refractivity contribution in [1.29, 1.82) is 0 Å². The minimum Gasteiger partial charge on any atom is -0.310 e. The highest BCUT2D eigenvalue weighted by atomic mass is 16.2. The molecule has 2 saturated carbocycles. The Balaban J connectivity index is 1.26. The molecule has 2 aliphatic rings. The molecule has 2 fully saturated rings. The molecule has 4 heteroatoms. The number of hydrogen-bond acceptors (Lipinski definition) is 3. The average Bonchev–Trinajstić information content (AvgIpc) is 3.42. The molecule has 3 aromatic rings. The second-order valence-electron chi connectivity index (χ2n) is 8.01. The Morgan fingerprint density at radius 2 is 1.78 bits per heavy atom. The minimum absolute atomic E-state index is 0.140. The van der Waals surface area contributed by atoms with Crippen molar-refractivity contribution in [2.45, 2.75) is 38.0 Å². The molecule has 2 aliphatic carbocycles. The van der Waals surface area contributed by atoms with Gasteiger partial charge in [-0.1, -0.05) is 24.3 Å². The number of nitrogens with one attached hydrogen (secondary N) is 1. The van der Waals surface area contributed by atoms with Crippen LogP contribution in [0, 0.1) is 11.3 Å². The zero-order valence-corrected chi connectivity index (χ0v) is 15.3. The van der Waals surface area contributed by atoms with Gasteiger partial charge >= 0.3 is 0 Å². The van der Waals surface area contributed by atoms with E-state index in [1.807, 2.05) is 30.5 Å². The van der Waals surface area contributed by atoms with E-state index in [1.165, 1.54) is 10.9 Å². The lowest BCUT2D eigenvalue weighted by atomic mass is 9.75. The topological polar surface area (TPSA) is 54.9 Å². The van der Waals surface area contributed by atoms with Gasteiger partial charge in [0.1, 0.15) is 5.82 Å². The molecule has 0 unspecified atom stereocenters. The van der Waals surface area contributed by atoms with Gasteiger partial charge in [-0.25, -0.2) is 4.98 Å². The van der Waals surface area contributed by atoms with Gasteiger partial charge in [-0.3, -0.25) is 9.78 Å². The van der Waals surface area contributed by atoms with Crippen molar-refractivity contribution in [2.75, 3.05) is 5.32 Å². The van der Waals surface area contributed by atoms with Gasteiger partial charge in [0.15, 0.2) is 0 Å². The monoisotopic (exact) mass is 357 g/mol. The molecule has 136 valence electrons. The summed E-state index contributed by atoms with van der Waals surface area (Å²) in [6.07, 6.45) is 9.24. The van der Waals surface area contributed by atoms with E-state index >= 15 is 0 Å². The molecule has 2 aromatic heterocycles. The third kappa shape index (κ3) is 2.99. The van der Waals surface area contributed by atoms with Crippen LogP contribution in [-0.4, -0.2) is 15.9 Å². The molecule has 2 heterocycles. The first kappa shape index (κ1) is 16.4. The maximum absolute atomic E-state index is 12.6. The van der Waals surface area contributed by atoms with Gasteiger partial charge in [0, 0.05) is 23.7 Å². The highest BCUT2D eigenvalue weighted by molar-refractivity contribution is 5.94. The molecule has 1 aromatic carbocycles. The molecule has 1 spiro atoms. The number of benzene rings is 1. The number of hydrogen-bond donors (Lipinski definition) is 1. The first-order chi connectivity index (χ1) is 13.3. The fourth-order valence-corrected chi connectivity index (χ4v) is 4.90. The van der Waals surface area contributed by atoms with Crippen molar-refractivity contribution < 1.29 is 4.79 Å². The summed E-state index contributed by atoms with van der Waals surface area (Å²) in [6.45, 7) is 0. The molecule has 1 N–H and O–H groups in total. The lowest BCUT2D eigenvalue weighted by Gasteiger charge is -2.30. The molecule has 5 rings (SSSR count). The smallest absolute Gasteiger partial charge is 0.229 e. The fraction of sp³-hybridized carbons (Fsp3) is 0.348. The van der Waals surface area contributed by atoms with Crippen LogP contribution in [0.2, 0.25) is 0 Å². The number of nitrogens with zero attached hydrogens (tertiary/aromatic N) is 2. The van der Waals surface area contributed by atoms with E-state index in [9.17, 15) is 4.79 Å². The van der Waals surface area contributed by atoms with E-state index in [4.69, 9.17) is 0 Å². The predicted molar refractivity (Wildman–Crippen MR) is 106 cm³/mol. The minimum atomic E-state index is 0.140. The first-order valence-electron chi connectivity index (χ1n) is 9.81. The largest absolute Gasteiger partial charge is 0.310 e. The maximum atomic E-state index is 12.6. The number of anilines is 1. The van der Waals surface area contributed by atoms with Gasteiger partial charge in [-0.05, 0) is 73.3 Å². The lowest BCUT2D eigenvalue weighted by molar-refractivity contribution is -0.118. The lowest BCUT2D eigenvalue weighted by Crippen LogP contribution is -2.23. The van der Waals surface area contributed by atoms with Gasteiger partial charge < -0.3 is 5.32 Å². The number of aromatic nitrogens is 2. The van der Waals surface area contributed by atoms with Crippen LogP contribution in [0.5, 0.6) is 0 Å². The summed E-state index contributed by atoms with van der Waals surface area (Å²) in [7, 11) is 0. The van der Waals surface area contributed by atoms with Crippen molar-refractivity contribution in [3.05, 3.63) is 66.5 Å². The van der Waals surface area contributed by atoms with Crippen LogP contribution < -0.4 is 5.32 Å². The maximum Gasteiger partial charge on any atom is 0.229 e. The van der Waals surface area contributed by atoms with Crippen LogP contribution in [0.1, 0.15) is 43.6 Å². The van der Waals surface area contributed by atoms with Crippen molar-refractivity contribution in [3.63, 3.8) is 0 Å². The Morgan fingerprint density at radius 1 is 0.963 bits per heavy atom. The number of amides is 1.